The summed E-state index contributed by atoms with van der Waals surface area (Å²) in [5.41, 5.74) is 7.45. The normalized spacial score (nSPS) is 12.1. The maximum atomic E-state index is 12.0. The van der Waals surface area contributed by atoms with E-state index < -0.39 is 6.04 Å². The van der Waals surface area contributed by atoms with Crippen LogP contribution in [0.25, 0.3) is 0 Å². The van der Waals surface area contributed by atoms with Crippen LogP contribution < -0.4 is 15.8 Å². The number of amides is 1. The Labute approximate surface area is 126 Å². The molecule has 19 heavy (non-hydrogen) atoms. The third-order valence-corrected chi connectivity index (χ3v) is 3.80. The molecule has 0 saturated heterocycles. The summed E-state index contributed by atoms with van der Waals surface area (Å²) in [5, 5.41) is 2.85. The van der Waals surface area contributed by atoms with Crippen LogP contribution in [0.4, 0.5) is 5.69 Å². The predicted octanol–water partition coefficient (Wildman–Crippen LogP) is 2.79. The summed E-state index contributed by atoms with van der Waals surface area (Å²) in [6.07, 6.45) is 2.65. The molecule has 1 aromatic rings. The molecule has 0 aliphatic carbocycles. The molecule has 1 aromatic carbocycles. The van der Waals surface area contributed by atoms with Gasteiger partial charge in [0.1, 0.15) is 5.75 Å². The van der Waals surface area contributed by atoms with E-state index in [0.29, 0.717) is 17.9 Å². The lowest BCUT2D eigenvalue weighted by molar-refractivity contribution is -0.117. The molecular weight excluding hydrogens is 328 g/mol. The Hall–Kier alpha value is -0.720. The van der Waals surface area contributed by atoms with Crippen molar-refractivity contribution in [2.75, 3.05) is 24.4 Å². The van der Waals surface area contributed by atoms with Gasteiger partial charge in [0, 0.05) is 4.47 Å². The highest BCUT2D eigenvalue weighted by Crippen LogP contribution is 2.32. The Balaban J connectivity index is 2.84. The molecule has 0 heterocycles. The van der Waals surface area contributed by atoms with Crippen molar-refractivity contribution in [3.05, 3.63) is 22.2 Å². The Kier molecular flexibility index (Phi) is 6.68. The van der Waals surface area contributed by atoms with Crippen LogP contribution in [0.15, 0.2) is 16.6 Å². The van der Waals surface area contributed by atoms with E-state index in [2.05, 4.69) is 21.2 Å². The number of halogens is 1. The summed E-state index contributed by atoms with van der Waals surface area (Å²) in [6.45, 7) is 1.91. The number of aryl methyl sites for hydroxylation is 1. The van der Waals surface area contributed by atoms with Crippen molar-refractivity contribution in [2.24, 2.45) is 5.73 Å². The molecule has 106 valence electrons. The number of nitrogens with one attached hydrogen (secondary N) is 1. The number of carbonyl (C=O) groups is 1. The highest BCUT2D eigenvalue weighted by atomic mass is 79.9. The molecule has 1 atom stereocenters. The average Bonchev–Trinajstić information content (AvgIpc) is 2.38. The second-order valence-corrected chi connectivity index (χ2v) is 6.08. The largest absolute Gasteiger partial charge is 0.495 e. The number of carbonyl (C=O) groups excluding carboxylic acids is 1. The maximum Gasteiger partial charge on any atom is 0.241 e. The topological polar surface area (TPSA) is 64.3 Å². The molecule has 1 amide bonds. The lowest BCUT2D eigenvalue weighted by Gasteiger charge is -2.16. The van der Waals surface area contributed by atoms with E-state index in [-0.39, 0.29) is 5.91 Å². The summed E-state index contributed by atoms with van der Waals surface area (Å²) in [7, 11) is 1.57. The number of benzene rings is 1. The van der Waals surface area contributed by atoms with Crippen molar-refractivity contribution >= 4 is 39.3 Å². The third-order valence-electron chi connectivity index (χ3n) is 2.70. The lowest BCUT2D eigenvalue weighted by Crippen LogP contribution is -2.36. The average molecular weight is 347 g/mol. The van der Waals surface area contributed by atoms with Gasteiger partial charge in [0.25, 0.3) is 0 Å². The van der Waals surface area contributed by atoms with E-state index in [1.165, 1.54) is 0 Å². The van der Waals surface area contributed by atoms with Crippen molar-refractivity contribution in [3.63, 3.8) is 0 Å². The number of rotatable bonds is 6. The van der Waals surface area contributed by atoms with Gasteiger partial charge in [0.15, 0.2) is 0 Å². The molecule has 0 unspecified atom stereocenters. The van der Waals surface area contributed by atoms with Crippen molar-refractivity contribution in [3.8, 4) is 5.75 Å². The monoisotopic (exact) mass is 346 g/mol. The fraction of sp³-hybridized carbons (Fsp3) is 0.462. The maximum absolute atomic E-state index is 12.0. The lowest BCUT2D eigenvalue weighted by atomic mass is 10.1. The van der Waals surface area contributed by atoms with Crippen LogP contribution in [0.5, 0.6) is 5.75 Å². The van der Waals surface area contributed by atoms with Gasteiger partial charge in [-0.1, -0.05) is 15.9 Å². The minimum Gasteiger partial charge on any atom is -0.495 e. The van der Waals surface area contributed by atoms with E-state index in [4.69, 9.17) is 10.5 Å². The standard InChI is InChI=1S/C13H19BrN2O2S/c1-8-6-9(14)7-11(18-2)12(8)16-13(17)10(15)4-5-19-3/h6-7,10H,4-5,15H2,1-3H3,(H,16,17)/t10-/m0/s1. The van der Waals surface area contributed by atoms with E-state index in [1.54, 1.807) is 18.9 Å². The first kappa shape index (κ1) is 16.3. The summed E-state index contributed by atoms with van der Waals surface area (Å²) in [4.78, 5) is 12.0. The Morgan fingerprint density at radius 2 is 2.26 bits per heavy atom. The SMILES string of the molecule is COc1cc(Br)cc(C)c1NC(=O)[C@@H](N)CCSC. The summed E-state index contributed by atoms with van der Waals surface area (Å²) in [6, 6.07) is 3.24. The van der Waals surface area contributed by atoms with Crippen molar-refractivity contribution in [1.29, 1.82) is 0 Å². The van der Waals surface area contributed by atoms with Gasteiger partial charge in [0.2, 0.25) is 5.91 Å². The Bertz CT molecular complexity index is 455. The minimum atomic E-state index is -0.500. The van der Waals surface area contributed by atoms with Crippen molar-refractivity contribution in [1.82, 2.24) is 0 Å². The second kappa shape index (κ2) is 7.77. The zero-order valence-corrected chi connectivity index (χ0v) is 13.7. The first-order valence-electron chi connectivity index (χ1n) is 5.89. The number of thioether (sulfide) groups is 1. The van der Waals surface area contributed by atoms with Gasteiger partial charge in [-0.15, -0.1) is 0 Å². The van der Waals surface area contributed by atoms with Gasteiger partial charge in [-0.05, 0) is 43.0 Å². The van der Waals surface area contributed by atoms with Crippen LogP contribution in [0.2, 0.25) is 0 Å². The molecule has 3 N–H and O–H groups in total. The van der Waals surface area contributed by atoms with Gasteiger partial charge in [0.05, 0.1) is 18.8 Å². The fourth-order valence-electron chi connectivity index (χ4n) is 1.63. The molecule has 0 radical (unpaired) electrons. The molecule has 0 aromatic heterocycles. The van der Waals surface area contributed by atoms with Crippen LogP contribution >= 0.6 is 27.7 Å². The van der Waals surface area contributed by atoms with Crippen LogP contribution in [-0.2, 0) is 4.79 Å². The number of ether oxygens (including phenoxy) is 1. The predicted molar refractivity (Wildman–Crippen MR) is 85.0 cm³/mol. The van der Waals surface area contributed by atoms with E-state index in [9.17, 15) is 4.79 Å². The first-order valence-corrected chi connectivity index (χ1v) is 8.07. The molecule has 0 fully saturated rings. The minimum absolute atomic E-state index is 0.183. The summed E-state index contributed by atoms with van der Waals surface area (Å²) in [5.74, 6) is 1.31. The summed E-state index contributed by atoms with van der Waals surface area (Å²) < 4.78 is 6.19. The zero-order chi connectivity index (χ0) is 14.4. The molecule has 4 nitrogen and oxygen atoms in total. The number of nitrogens with two attached hydrogens (primary N) is 1. The Morgan fingerprint density at radius 3 is 2.84 bits per heavy atom. The molecule has 0 bridgehead atoms. The van der Waals surface area contributed by atoms with Crippen molar-refractivity contribution < 1.29 is 9.53 Å². The van der Waals surface area contributed by atoms with Gasteiger partial charge in [-0.3, -0.25) is 4.79 Å². The molecule has 0 aliphatic rings. The molecule has 6 heteroatoms. The molecule has 0 saturated carbocycles. The van der Waals surface area contributed by atoms with Crippen LogP contribution in [0.3, 0.4) is 0 Å². The van der Waals surface area contributed by atoms with E-state index >= 15 is 0 Å². The van der Waals surface area contributed by atoms with E-state index in [0.717, 1.165) is 15.8 Å². The third kappa shape index (κ3) is 4.71. The van der Waals surface area contributed by atoms with Gasteiger partial charge < -0.3 is 15.8 Å². The smallest absolute Gasteiger partial charge is 0.241 e. The number of anilines is 1. The number of hydrogen-bond donors (Lipinski definition) is 2. The fourth-order valence-corrected chi connectivity index (χ4v) is 2.67. The van der Waals surface area contributed by atoms with E-state index in [1.807, 2.05) is 25.3 Å². The quantitative estimate of drug-likeness (QED) is 0.831. The number of methoxy groups -OCH3 is 1. The van der Waals surface area contributed by atoms with Crippen LogP contribution in [0, 0.1) is 6.92 Å². The number of hydrogen-bond acceptors (Lipinski definition) is 4. The zero-order valence-electron chi connectivity index (χ0n) is 11.3. The molecule has 1 rings (SSSR count). The van der Waals surface area contributed by atoms with Crippen molar-refractivity contribution in [2.45, 2.75) is 19.4 Å². The van der Waals surface area contributed by atoms with Gasteiger partial charge in [-0.25, -0.2) is 0 Å². The van der Waals surface area contributed by atoms with Gasteiger partial charge >= 0.3 is 0 Å². The molecule has 0 spiro atoms. The highest BCUT2D eigenvalue weighted by Gasteiger charge is 2.17. The van der Waals surface area contributed by atoms with Crippen LogP contribution in [-0.4, -0.2) is 31.1 Å². The molecule has 0 aliphatic heterocycles. The first-order chi connectivity index (χ1) is 8.99. The van der Waals surface area contributed by atoms with Crippen LogP contribution in [0.1, 0.15) is 12.0 Å². The molecular formula is C13H19BrN2O2S. The highest BCUT2D eigenvalue weighted by molar-refractivity contribution is 9.10. The summed E-state index contributed by atoms with van der Waals surface area (Å²) >= 11 is 5.07. The second-order valence-electron chi connectivity index (χ2n) is 4.18. The Morgan fingerprint density at radius 1 is 1.58 bits per heavy atom. The van der Waals surface area contributed by atoms with Gasteiger partial charge in [-0.2, -0.15) is 11.8 Å².